The van der Waals surface area contributed by atoms with Gasteiger partial charge in [-0.05, 0) is 31.4 Å². The molecule has 0 aromatic heterocycles. The van der Waals surface area contributed by atoms with E-state index >= 15 is 0 Å². The smallest absolute Gasteiger partial charge is 0.165 e. The molecule has 2 rings (SSSR count). The molecule has 1 fully saturated rings. The molecule has 1 heterocycles. The maximum atomic E-state index is 12.0. The summed E-state index contributed by atoms with van der Waals surface area (Å²) in [5, 5.41) is 0. The molecule has 0 bridgehead atoms. The number of Topliss-reactive ketones (excluding diaryl/α,β-unsaturated/α-hetero) is 1. The van der Waals surface area contributed by atoms with Gasteiger partial charge in [-0.25, -0.2) is 0 Å². The number of benzene rings is 1. The van der Waals surface area contributed by atoms with E-state index in [0.29, 0.717) is 17.2 Å². The number of methoxy groups -OCH3 is 2. The van der Waals surface area contributed by atoms with Gasteiger partial charge in [0.05, 0.1) is 24.5 Å². The fourth-order valence-corrected chi connectivity index (χ4v) is 2.87. The molecule has 4 nitrogen and oxygen atoms in total. The summed E-state index contributed by atoms with van der Waals surface area (Å²) in [4.78, 5) is 14.2. The minimum absolute atomic E-state index is 0.0324. The Labute approximate surface area is 120 Å². The summed E-state index contributed by atoms with van der Waals surface area (Å²) in [7, 11) is 3.35. The van der Waals surface area contributed by atoms with Crippen molar-refractivity contribution in [3.63, 3.8) is 0 Å². The summed E-state index contributed by atoms with van der Waals surface area (Å²) in [6, 6.07) is 5.75. The SMILES string of the molecule is COc1cccc(N2CCC(C)C(OC)C2)c1C(C)=O. The zero-order valence-electron chi connectivity index (χ0n) is 12.7. The van der Waals surface area contributed by atoms with Crippen molar-refractivity contribution in [3.05, 3.63) is 23.8 Å². The minimum Gasteiger partial charge on any atom is -0.496 e. The summed E-state index contributed by atoms with van der Waals surface area (Å²) < 4.78 is 10.9. The maximum Gasteiger partial charge on any atom is 0.165 e. The molecular formula is C16H23NO3. The van der Waals surface area contributed by atoms with Crippen molar-refractivity contribution in [2.24, 2.45) is 5.92 Å². The van der Waals surface area contributed by atoms with Gasteiger partial charge in [0, 0.05) is 20.2 Å². The molecule has 0 saturated carbocycles. The van der Waals surface area contributed by atoms with Crippen LogP contribution in [0, 0.1) is 5.92 Å². The third kappa shape index (κ3) is 2.80. The number of ether oxygens (including phenoxy) is 2. The molecule has 1 aliphatic heterocycles. The number of ketones is 1. The molecule has 4 heteroatoms. The van der Waals surface area contributed by atoms with Crippen LogP contribution in [0.3, 0.4) is 0 Å². The van der Waals surface area contributed by atoms with Crippen LogP contribution in [0.4, 0.5) is 5.69 Å². The Balaban J connectivity index is 2.35. The van der Waals surface area contributed by atoms with Crippen LogP contribution in [0.25, 0.3) is 0 Å². The lowest BCUT2D eigenvalue weighted by Crippen LogP contribution is -2.44. The quantitative estimate of drug-likeness (QED) is 0.793. The van der Waals surface area contributed by atoms with Gasteiger partial charge in [0.1, 0.15) is 5.75 Å². The lowest BCUT2D eigenvalue weighted by atomic mass is 9.94. The van der Waals surface area contributed by atoms with Crippen molar-refractivity contribution in [2.45, 2.75) is 26.4 Å². The van der Waals surface area contributed by atoms with Gasteiger partial charge in [0.15, 0.2) is 5.78 Å². The maximum absolute atomic E-state index is 12.0. The highest BCUT2D eigenvalue weighted by molar-refractivity contribution is 6.02. The van der Waals surface area contributed by atoms with E-state index in [-0.39, 0.29) is 11.9 Å². The largest absolute Gasteiger partial charge is 0.496 e. The second-order valence-corrected chi connectivity index (χ2v) is 5.40. The van der Waals surface area contributed by atoms with E-state index in [1.165, 1.54) is 0 Å². The van der Waals surface area contributed by atoms with Crippen molar-refractivity contribution >= 4 is 11.5 Å². The highest BCUT2D eigenvalue weighted by atomic mass is 16.5. The molecule has 110 valence electrons. The van der Waals surface area contributed by atoms with Gasteiger partial charge < -0.3 is 14.4 Å². The molecule has 0 amide bonds. The van der Waals surface area contributed by atoms with Gasteiger partial charge in [-0.15, -0.1) is 0 Å². The molecule has 0 aliphatic carbocycles. The number of carbonyl (C=O) groups is 1. The molecular weight excluding hydrogens is 254 g/mol. The first-order valence-corrected chi connectivity index (χ1v) is 7.04. The zero-order chi connectivity index (χ0) is 14.7. The van der Waals surface area contributed by atoms with Gasteiger partial charge >= 0.3 is 0 Å². The fraction of sp³-hybridized carbons (Fsp3) is 0.562. The molecule has 1 aliphatic rings. The summed E-state index contributed by atoms with van der Waals surface area (Å²) >= 11 is 0. The summed E-state index contributed by atoms with van der Waals surface area (Å²) in [6.45, 7) is 5.55. The molecule has 1 saturated heterocycles. The number of hydrogen-bond acceptors (Lipinski definition) is 4. The summed E-state index contributed by atoms with van der Waals surface area (Å²) in [5.74, 6) is 1.22. The predicted octanol–water partition coefficient (Wildman–Crippen LogP) is 2.76. The standard InChI is InChI=1S/C16H23NO3/c1-11-8-9-17(10-15(11)20-4)13-6-5-7-14(19-3)16(13)12(2)18/h5-7,11,15H,8-10H2,1-4H3. The van der Waals surface area contributed by atoms with Crippen LogP contribution in [0.5, 0.6) is 5.75 Å². The Kier molecular flexibility index (Phi) is 4.65. The van der Waals surface area contributed by atoms with Crippen LogP contribution in [0.1, 0.15) is 30.6 Å². The number of piperidine rings is 1. The van der Waals surface area contributed by atoms with Crippen LogP contribution >= 0.6 is 0 Å². The molecule has 20 heavy (non-hydrogen) atoms. The van der Waals surface area contributed by atoms with E-state index in [0.717, 1.165) is 25.2 Å². The van der Waals surface area contributed by atoms with Gasteiger partial charge in [-0.3, -0.25) is 4.79 Å². The average molecular weight is 277 g/mol. The molecule has 1 aromatic carbocycles. The fourth-order valence-electron chi connectivity index (χ4n) is 2.87. The topological polar surface area (TPSA) is 38.8 Å². The first-order chi connectivity index (χ1) is 9.58. The Bertz CT molecular complexity index is 487. The molecule has 2 atom stereocenters. The van der Waals surface area contributed by atoms with Crippen molar-refractivity contribution < 1.29 is 14.3 Å². The van der Waals surface area contributed by atoms with Crippen LogP contribution in [-0.2, 0) is 4.74 Å². The van der Waals surface area contributed by atoms with Gasteiger partial charge in [-0.1, -0.05) is 13.0 Å². The van der Waals surface area contributed by atoms with Gasteiger partial charge in [0.2, 0.25) is 0 Å². The summed E-state index contributed by atoms with van der Waals surface area (Å²) in [5.41, 5.74) is 1.62. The third-order valence-corrected chi connectivity index (χ3v) is 4.11. The third-order valence-electron chi connectivity index (χ3n) is 4.11. The molecule has 1 aromatic rings. The Morgan fingerprint density at radius 2 is 2.10 bits per heavy atom. The van der Waals surface area contributed by atoms with E-state index in [2.05, 4.69) is 11.8 Å². The highest BCUT2D eigenvalue weighted by Crippen LogP contribution is 2.32. The van der Waals surface area contributed by atoms with Crippen molar-refractivity contribution in [1.29, 1.82) is 0 Å². The normalized spacial score (nSPS) is 22.7. The van der Waals surface area contributed by atoms with Crippen LogP contribution in [0.15, 0.2) is 18.2 Å². The second kappa shape index (κ2) is 6.27. The van der Waals surface area contributed by atoms with E-state index in [1.807, 2.05) is 18.2 Å². The molecule has 2 unspecified atom stereocenters. The van der Waals surface area contributed by atoms with Crippen molar-refractivity contribution in [1.82, 2.24) is 0 Å². The van der Waals surface area contributed by atoms with Crippen LogP contribution < -0.4 is 9.64 Å². The van der Waals surface area contributed by atoms with Crippen LogP contribution in [0.2, 0.25) is 0 Å². The first-order valence-electron chi connectivity index (χ1n) is 7.04. The van der Waals surface area contributed by atoms with Crippen molar-refractivity contribution in [2.75, 3.05) is 32.2 Å². The number of carbonyl (C=O) groups excluding carboxylic acids is 1. The van der Waals surface area contributed by atoms with Crippen molar-refractivity contribution in [3.8, 4) is 5.75 Å². The number of rotatable bonds is 4. The Hall–Kier alpha value is -1.55. The van der Waals surface area contributed by atoms with E-state index in [9.17, 15) is 4.79 Å². The number of anilines is 1. The Morgan fingerprint density at radius 3 is 2.70 bits per heavy atom. The molecule has 0 radical (unpaired) electrons. The lowest BCUT2D eigenvalue weighted by Gasteiger charge is -2.38. The number of hydrogen-bond donors (Lipinski definition) is 0. The minimum atomic E-state index is 0.0324. The van der Waals surface area contributed by atoms with Gasteiger partial charge in [-0.2, -0.15) is 0 Å². The second-order valence-electron chi connectivity index (χ2n) is 5.40. The van der Waals surface area contributed by atoms with Gasteiger partial charge in [0.25, 0.3) is 0 Å². The zero-order valence-corrected chi connectivity index (χ0v) is 12.7. The van der Waals surface area contributed by atoms with E-state index < -0.39 is 0 Å². The predicted molar refractivity (Wildman–Crippen MR) is 79.8 cm³/mol. The Morgan fingerprint density at radius 1 is 1.35 bits per heavy atom. The number of nitrogens with zero attached hydrogens (tertiary/aromatic N) is 1. The molecule has 0 spiro atoms. The van der Waals surface area contributed by atoms with E-state index in [4.69, 9.17) is 9.47 Å². The average Bonchev–Trinajstić information content (AvgIpc) is 2.46. The van der Waals surface area contributed by atoms with Crippen LogP contribution in [-0.4, -0.2) is 39.2 Å². The highest BCUT2D eigenvalue weighted by Gasteiger charge is 2.28. The monoisotopic (exact) mass is 277 g/mol. The lowest BCUT2D eigenvalue weighted by molar-refractivity contribution is 0.0497. The van der Waals surface area contributed by atoms with E-state index in [1.54, 1.807) is 21.1 Å². The summed E-state index contributed by atoms with van der Waals surface area (Å²) in [6.07, 6.45) is 1.27. The molecule has 0 N–H and O–H groups in total. The first kappa shape index (κ1) is 14.9.